The van der Waals surface area contributed by atoms with Crippen molar-refractivity contribution in [1.29, 1.82) is 0 Å². The van der Waals surface area contributed by atoms with Crippen molar-refractivity contribution in [3.8, 4) is 0 Å². The summed E-state index contributed by atoms with van der Waals surface area (Å²) in [5.74, 6) is 1.86. The second kappa shape index (κ2) is 8.54. The summed E-state index contributed by atoms with van der Waals surface area (Å²) in [6.45, 7) is 7.31. The highest BCUT2D eigenvalue weighted by Gasteiger charge is 2.26. The van der Waals surface area contributed by atoms with Crippen molar-refractivity contribution in [2.75, 3.05) is 46.3 Å². The molecule has 138 valence electrons. The molecule has 6 nitrogen and oxygen atoms in total. The molecule has 0 aliphatic carbocycles. The summed E-state index contributed by atoms with van der Waals surface area (Å²) < 4.78 is 5.83. The highest BCUT2D eigenvalue weighted by molar-refractivity contribution is 5.74. The Labute approximate surface area is 150 Å². The van der Waals surface area contributed by atoms with Gasteiger partial charge in [-0.05, 0) is 58.5 Å². The molecule has 6 heteroatoms. The lowest BCUT2D eigenvalue weighted by molar-refractivity contribution is 0.202. The molecule has 2 amide bonds. The fourth-order valence-corrected chi connectivity index (χ4v) is 3.51. The summed E-state index contributed by atoms with van der Waals surface area (Å²) in [6, 6.07) is 4.03. The smallest absolute Gasteiger partial charge is 0.315 e. The van der Waals surface area contributed by atoms with Crippen LogP contribution in [0.4, 0.5) is 4.79 Å². The number of carbonyl (C=O) groups is 1. The molecule has 1 aromatic rings. The maximum atomic E-state index is 12.2. The van der Waals surface area contributed by atoms with Gasteiger partial charge in [0.2, 0.25) is 0 Å². The van der Waals surface area contributed by atoms with Gasteiger partial charge in [-0.1, -0.05) is 11.6 Å². The maximum absolute atomic E-state index is 12.2. The van der Waals surface area contributed by atoms with Gasteiger partial charge in [0.25, 0.3) is 0 Å². The van der Waals surface area contributed by atoms with Gasteiger partial charge in [0.05, 0.1) is 6.04 Å². The molecular weight excluding hydrogens is 316 g/mol. The van der Waals surface area contributed by atoms with Crippen molar-refractivity contribution in [3.63, 3.8) is 0 Å². The minimum absolute atomic E-state index is 0.104. The van der Waals surface area contributed by atoms with Crippen molar-refractivity contribution >= 4 is 6.03 Å². The molecule has 1 fully saturated rings. The molecule has 1 unspecified atom stereocenters. The van der Waals surface area contributed by atoms with E-state index < -0.39 is 0 Å². The number of furan rings is 1. The van der Waals surface area contributed by atoms with Crippen LogP contribution in [0.2, 0.25) is 0 Å². The second-order valence-corrected chi connectivity index (χ2v) is 7.15. The molecule has 0 bridgehead atoms. The molecule has 25 heavy (non-hydrogen) atoms. The van der Waals surface area contributed by atoms with E-state index in [-0.39, 0.29) is 12.1 Å². The van der Waals surface area contributed by atoms with Crippen molar-refractivity contribution in [3.05, 3.63) is 35.3 Å². The molecule has 0 aromatic carbocycles. The third-order valence-corrected chi connectivity index (χ3v) is 5.11. The number of urea groups is 1. The van der Waals surface area contributed by atoms with Crippen LogP contribution in [0.15, 0.2) is 28.2 Å². The molecule has 3 heterocycles. The van der Waals surface area contributed by atoms with Gasteiger partial charge < -0.3 is 20.0 Å². The summed E-state index contributed by atoms with van der Waals surface area (Å²) in [7, 11) is 2.11. The van der Waals surface area contributed by atoms with E-state index in [0.29, 0.717) is 13.1 Å². The Bertz CT molecular complexity index is 604. The molecule has 0 saturated carbocycles. The summed E-state index contributed by atoms with van der Waals surface area (Å²) in [4.78, 5) is 16.9. The van der Waals surface area contributed by atoms with E-state index in [0.717, 1.165) is 44.1 Å². The molecular formula is C19H30N4O2. The number of hydrogen-bond donors (Lipinski definition) is 2. The molecule has 2 N–H and O–H groups in total. The normalized spacial score (nSPS) is 20.3. The van der Waals surface area contributed by atoms with Gasteiger partial charge in [-0.25, -0.2) is 4.79 Å². The van der Waals surface area contributed by atoms with E-state index in [1.54, 1.807) is 0 Å². The average molecular weight is 346 g/mol. The molecule has 0 spiro atoms. The monoisotopic (exact) mass is 346 g/mol. The van der Waals surface area contributed by atoms with Crippen LogP contribution in [0, 0.1) is 6.92 Å². The van der Waals surface area contributed by atoms with Gasteiger partial charge in [-0.15, -0.1) is 0 Å². The predicted octanol–water partition coefficient (Wildman–Crippen LogP) is 2.29. The summed E-state index contributed by atoms with van der Waals surface area (Å²) in [5, 5.41) is 6.01. The van der Waals surface area contributed by atoms with E-state index in [1.165, 1.54) is 18.4 Å². The SMILES string of the molecule is Cc1ccc(C(CNC(=O)NCC2=CCN(C)CC2)N2CCCC2)o1. The molecule has 3 rings (SSSR count). The minimum atomic E-state index is -0.104. The Morgan fingerprint density at radius 2 is 2.04 bits per heavy atom. The van der Waals surface area contributed by atoms with Crippen molar-refractivity contribution in [1.82, 2.24) is 20.4 Å². The Kier molecular flexibility index (Phi) is 6.15. The van der Waals surface area contributed by atoms with Crippen molar-refractivity contribution in [2.45, 2.75) is 32.2 Å². The number of likely N-dealkylation sites (N-methyl/N-ethyl adjacent to an activating group) is 1. The number of aryl methyl sites for hydroxylation is 1. The van der Waals surface area contributed by atoms with Crippen LogP contribution in [0.25, 0.3) is 0 Å². The van der Waals surface area contributed by atoms with E-state index in [9.17, 15) is 4.79 Å². The minimum Gasteiger partial charge on any atom is -0.465 e. The molecule has 1 saturated heterocycles. The average Bonchev–Trinajstić information content (AvgIpc) is 3.27. The Morgan fingerprint density at radius 1 is 1.24 bits per heavy atom. The van der Waals surface area contributed by atoms with Gasteiger partial charge in [-0.2, -0.15) is 0 Å². The summed E-state index contributed by atoms with van der Waals surface area (Å²) in [5.41, 5.74) is 1.31. The second-order valence-electron chi connectivity index (χ2n) is 7.15. The lowest BCUT2D eigenvalue weighted by Crippen LogP contribution is -2.42. The highest BCUT2D eigenvalue weighted by Crippen LogP contribution is 2.26. The fraction of sp³-hybridized carbons (Fsp3) is 0.632. The van der Waals surface area contributed by atoms with Crippen LogP contribution in [0.3, 0.4) is 0 Å². The summed E-state index contributed by atoms with van der Waals surface area (Å²) in [6.07, 6.45) is 5.66. The van der Waals surface area contributed by atoms with E-state index in [2.05, 4.69) is 33.6 Å². The van der Waals surface area contributed by atoms with E-state index in [4.69, 9.17) is 4.42 Å². The fourth-order valence-electron chi connectivity index (χ4n) is 3.51. The van der Waals surface area contributed by atoms with Crippen LogP contribution in [-0.4, -0.2) is 62.1 Å². The van der Waals surface area contributed by atoms with Gasteiger partial charge in [0.15, 0.2) is 0 Å². The third-order valence-electron chi connectivity index (χ3n) is 5.11. The predicted molar refractivity (Wildman–Crippen MR) is 98.6 cm³/mol. The first kappa shape index (κ1) is 18.0. The van der Waals surface area contributed by atoms with Gasteiger partial charge in [-0.3, -0.25) is 4.90 Å². The number of nitrogens with zero attached hydrogens (tertiary/aromatic N) is 2. The number of hydrogen-bond acceptors (Lipinski definition) is 4. The van der Waals surface area contributed by atoms with Crippen LogP contribution >= 0.6 is 0 Å². The van der Waals surface area contributed by atoms with Gasteiger partial charge in [0, 0.05) is 26.2 Å². The zero-order valence-corrected chi connectivity index (χ0v) is 15.4. The Hall–Kier alpha value is -1.79. The molecule has 1 aromatic heterocycles. The summed E-state index contributed by atoms with van der Waals surface area (Å²) >= 11 is 0. The zero-order valence-electron chi connectivity index (χ0n) is 15.4. The number of amides is 2. The Morgan fingerprint density at radius 3 is 2.68 bits per heavy atom. The van der Waals surface area contributed by atoms with Crippen LogP contribution < -0.4 is 10.6 Å². The largest absolute Gasteiger partial charge is 0.465 e. The topological polar surface area (TPSA) is 60.8 Å². The first-order chi connectivity index (χ1) is 12.1. The van der Waals surface area contributed by atoms with Gasteiger partial charge in [0.1, 0.15) is 11.5 Å². The number of rotatable bonds is 6. The maximum Gasteiger partial charge on any atom is 0.315 e. The first-order valence-corrected chi connectivity index (χ1v) is 9.30. The molecule has 2 aliphatic heterocycles. The highest BCUT2D eigenvalue weighted by atomic mass is 16.3. The lowest BCUT2D eigenvalue weighted by atomic mass is 10.1. The van der Waals surface area contributed by atoms with Crippen LogP contribution in [0.1, 0.15) is 36.8 Å². The van der Waals surface area contributed by atoms with Crippen LogP contribution in [0.5, 0.6) is 0 Å². The standard InChI is InChI=1S/C19H30N4O2/c1-15-5-6-18(25-15)17(23-9-3-4-10-23)14-21-19(24)20-13-16-7-11-22(2)12-8-16/h5-7,17H,3-4,8-14H2,1-2H3,(H2,20,21,24). The van der Waals surface area contributed by atoms with Crippen LogP contribution in [-0.2, 0) is 0 Å². The molecule has 0 radical (unpaired) electrons. The Balaban J connectivity index is 1.49. The zero-order chi connectivity index (χ0) is 17.6. The molecule has 1 atom stereocenters. The third kappa shape index (κ3) is 5.09. The van der Waals surface area contributed by atoms with E-state index >= 15 is 0 Å². The number of likely N-dealkylation sites (tertiary alicyclic amines) is 1. The number of nitrogens with one attached hydrogen (secondary N) is 2. The van der Waals surface area contributed by atoms with E-state index in [1.807, 2.05) is 19.1 Å². The first-order valence-electron chi connectivity index (χ1n) is 9.30. The lowest BCUT2D eigenvalue weighted by Gasteiger charge is -2.26. The number of carbonyl (C=O) groups excluding carboxylic acids is 1. The van der Waals surface area contributed by atoms with Crippen molar-refractivity contribution < 1.29 is 9.21 Å². The quantitative estimate of drug-likeness (QED) is 0.776. The van der Waals surface area contributed by atoms with Gasteiger partial charge >= 0.3 is 6.03 Å². The van der Waals surface area contributed by atoms with Crippen molar-refractivity contribution in [2.24, 2.45) is 0 Å². The molecule has 2 aliphatic rings.